The van der Waals surface area contributed by atoms with Crippen molar-refractivity contribution in [2.24, 2.45) is 0 Å². The Balaban J connectivity index is 2.11. The van der Waals surface area contributed by atoms with Gasteiger partial charge in [-0.25, -0.2) is 12.8 Å². The Hall–Kier alpha value is -3.63. The van der Waals surface area contributed by atoms with Gasteiger partial charge in [0.05, 0.1) is 19.1 Å². The molecule has 0 aliphatic heterocycles. The predicted octanol–water partition coefficient (Wildman–Crippen LogP) is 4.81. The second kappa shape index (κ2) is 14.3. The number of halogens is 2. The molecule has 41 heavy (non-hydrogen) atoms. The average Bonchev–Trinajstić information content (AvgIpc) is 2.94. The lowest BCUT2D eigenvalue weighted by molar-refractivity contribution is -0.140. The summed E-state index contributed by atoms with van der Waals surface area (Å²) in [6, 6.07) is 18.2. The normalized spacial score (nSPS) is 12.7. The Bertz CT molecular complexity index is 1460. The van der Waals surface area contributed by atoms with E-state index in [9.17, 15) is 22.4 Å². The Kier molecular flexibility index (Phi) is 11.1. The van der Waals surface area contributed by atoms with Gasteiger partial charge in [0.15, 0.2) is 0 Å². The van der Waals surface area contributed by atoms with Crippen molar-refractivity contribution >= 4 is 39.1 Å². The summed E-state index contributed by atoms with van der Waals surface area (Å²) in [4.78, 5) is 29.0. The van der Waals surface area contributed by atoms with E-state index in [4.69, 9.17) is 16.3 Å². The lowest BCUT2D eigenvalue weighted by Crippen LogP contribution is -2.54. The number of hydrogen-bond acceptors (Lipinski definition) is 5. The van der Waals surface area contributed by atoms with Crippen LogP contribution in [0.15, 0.2) is 72.8 Å². The van der Waals surface area contributed by atoms with Gasteiger partial charge in [-0.2, -0.15) is 0 Å². The first-order valence-electron chi connectivity index (χ1n) is 13.1. The monoisotopic (exact) mass is 603 g/mol. The van der Waals surface area contributed by atoms with E-state index in [0.717, 1.165) is 16.1 Å². The summed E-state index contributed by atoms with van der Waals surface area (Å²) in [6.07, 6.45) is 1.74. The zero-order valence-corrected chi connectivity index (χ0v) is 25.1. The quantitative estimate of drug-likeness (QED) is 0.303. The van der Waals surface area contributed by atoms with Crippen LogP contribution in [0.4, 0.5) is 10.1 Å². The van der Waals surface area contributed by atoms with Crippen molar-refractivity contribution in [1.82, 2.24) is 10.2 Å². The Morgan fingerprint density at radius 2 is 1.71 bits per heavy atom. The van der Waals surface area contributed by atoms with E-state index in [0.29, 0.717) is 6.42 Å². The second-order valence-corrected chi connectivity index (χ2v) is 12.1. The van der Waals surface area contributed by atoms with Crippen LogP contribution in [0.25, 0.3) is 0 Å². The highest BCUT2D eigenvalue weighted by Gasteiger charge is 2.34. The molecule has 0 unspecified atom stereocenters. The van der Waals surface area contributed by atoms with Gasteiger partial charge in [0.2, 0.25) is 21.8 Å². The number of nitrogens with one attached hydrogen (secondary N) is 1. The van der Waals surface area contributed by atoms with Gasteiger partial charge >= 0.3 is 0 Å². The largest absolute Gasteiger partial charge is 0.495 e. The molecule has 220 valence electrons. The first-order chi connectivity index (χ1) is 19.4. The minimum Gasteiger partial charge on any atom is -0.495 e. The molecule has 0 bridgehead atoms. The minimum atomic E-state index is -4.03. The zero-order valence-electron chi connectivity index (χ0n) is 23.5. The molecule has 0 spiro atoms. The van der Waals surface area contributed by atoms with E-state index >= 15 is 0 Å². The van der Waals surface area contributed by atoms with Crippen molar-refractivity contribution < 1.29 is 27.1 Å². The number of carbonyl (C=O) groups is 2. The highest BCUT2D eigenvalue weighted by atomic mass is 35.5. The van der Waals surface area contributed by atoms with Gasteiger partial charge in [0.25, 0.3) is 0 Å². The van der Waals surface area contributed by atoms with Crippen molar-refractivity contribution in [3.63, 3.8) is 0 Å². The summed E-state index contributed by atoms with van der Waals surface area (Å²) in [5.41, 5.74) is 1.02. The van der Waals surface area contributed by atoms with Crippen LogP contribution in [0.3, 0.4) is 0 Å². The highest BCUT2D eigenvalue weighted by Crippen LogP contribution is 2.33. The SMILES string of the molecule is CC[C@H](C)NC(=O)[C@H](Cc1ccccc1)N(Cc1ccccc1F)C(=O)CN(c1cc(Cl)ccc1OC)S(C)(=O)=O. The molecule has 0 heterocycles. The van der Waals surface area contributed by atoms with E-state index in [1.807, 2.05) is 44.2 Å². The fraction of sp³-hybridized carbons (Fsp3) is 0.333. The summed E-state index contributed by atoms with van der Waals surface area (Å²) in [5.74, 6) is -1.51. The maximum Gasteiger partial charge on any atom is 0.244 e. The summed E-state index contributed by atoms with van der Waals surface area (Å²) in [6.45, 7) is 2.83. The molecule has 0 aliphatic rings. The standard InChI is InChI=1S/C30H35ClFN3O5S/c1-5-21(2)33-30(37)27(17-22-11-7-6-8-12-22)34(19-23-13-9-10-14-25(23)32)29(36)20-35(41(4,38)39)26-18-24(31)15-16-28(26)40-3/h6-16,18,21,27H,5,17,19-20H2,1-4H3,(H,33,37)/t21-,27-/m0/s1. The predicted molar refractivity (Wildman–Crippen MR) is 159 cm³/mol. The third kappa shape index (κ3) is 8.68. The van der Waals surface area contributed by atoms with Crippen LogP contribution in [0.5, 0.6) is 5.75 Å². The van der Waals surface area contributed by atoms with E-state index in [2.05, 4.69) is 5.32 Å². The van der Waals surface area contributed by atoms with Crippen molar-refractivity contribution in [1.29, 1.82) is 0 Å². The number of amides is 2. The van der Waals surface area contributed by atoms with E-state index in [-0.39, 0.29) is 41.0 Å². The molecule has 0 saturated heterocycles. The number of sulfonamides is 1. The van der Waals surface area contributed by atoms with Crippen molar-refractivity contribution in [3.8, 4) is 5.75 Å². The average molecular weight is 604 g/mol. The van der Waals surface area contributed by atoms with Gasteiger partial charge in [-0.15, -0.1) is 0 Å². The Labute approximate surface area is 246 Å². The first-order valence-corrected chi connectivity index (χ1v) is 15.4. The fourth-order valence-electron chi connectivity index (χ4n) is 4.26. The number of carbonyl (C=O) groups excluding carboxylic acids is 2. The van der Waals surface area contributed by atoms with Gasteiger partial charge in [-0.3, -0.25) is 13.9 Å². The summed E-state index contributed by atoms with van der Waals surface area (Å²) < 4.78 is 47.0. The second-order valence-electron chi connectivity index (χ2n) is 9.72. The van der Waals surface area contributed by atoms with Crippen molar-refractivity contribution in [3.05, 3.63) is 94.8 Å². The molecule has 0 fully saturated rings. The molecule has 11 heteroatoms. The maximum atomic E-state index is 14.9. The number of nitrogens with zero attached hydrogens (tertiary/aromatic N) is 2. The molecule has 1 N–H and O–H groups in total. The van der Waals surface area contributed by atoms with Crippen LogP contribution < -0.4 is 14.4 Å². The topological polar surface area (TPSA) is 96.0 Å². The molecular formula is C30H35ClFN3O5S. The van der Waals surface area contributed by atoms with Gasteiger partial charge in [-0.1, -0.05) is 67.1 Å². The third-order valence-electron chi connectivity index (χ3n) is 6.66. The molecule has 0 radical (unpaired) electrons. The number of ether oxygens (including phenoxy) is 1. The molecule has 3 aromatic carbocycles. The van der Waals surface area contributed by atoms with E-state index in [1.165, 1.54) is 48.4 Å². The number of anilines is 1. The van der Waals surface area contributed by atoms with E-state index < -0.39 is 40.2 Å². The zero-order chi connectivity index (χ0) is 30.2. The summed E-state index contributed by atoms with van der Waals surface area (Å²) in [5, 5.41) is 3.17. The number of methoxy groups -OCH3 is 1. The molecule has 2 atom stereocenters. The number of rotatable bonds is 13. The molecule has 8 nitrogen and oxygen atoms in total. The lowest BCUT2D eigenvalue weighted by atomic mass is 10.0. The van der Waals surface area contributed by atoms with Crippen molar-refractivity contribution in [2.45, 2.75) is 45.3 Å². The van der Waals surface area contributed by atoms with Gasteiger partial charge in [0.1, 0.15) is 24.2 Å². The molecule has 3 rings (SSSR count). The molecule has 0 aromatic heterocycles. The maximum absolute atomic E-state index is 14.9. The van der Waals surface area contributed by atoms with Crippen LogP contribution in [-0.2, 0) is 32.6 Å². The fourth-order valence-corrected chi connectivity index (χ4v) is 5.27. The lowest BCUT2D eigenvalue weighted by Gasteiger charge is -2.34. The molecule has 0 aliphatic carbocycles. The van der Waals surface area contributed by atoms with E-state index in [1.54, 1.807) is 6.07 Å². The van der Waals surface area contributed by atoms with Crippen LogP contribution >= 0.6 is 11.6 Å². The molecule has 2 amide bonds. The van der Waals surface area contributed by atoms with Crippen LogP contribution in [0, 0.1) is 5.82 Å². The minimum absolute atomic E-state index is 0.0605. The first kappa shape index (κ1) is 31.9. The van der Waals surface area contributed by atoms with Gasteiger partial charge in [0, 0.05) is 29.6 Å². The summed E-state index contributed by atoms with van der Waals surface area (Å²) >= 11 is 6.17. The number of hydrogen-bond donors (Lipinski definition) is 1. The Morgan fingerprint density at radius 3 is 2.32 bits per heavy atom. The van der Waals surface area contributed by atoms with Gasteiger partial charge in [-0.05, 0) is 43.2 Å². The van der Waals surface area contributed by atoms with Crippen molar-refractivity contribution in [2.75, 3.05) is 24.2 Å². The summed E-state index contributed by atoms with van der Waals surface area (Å²) in [7, 11) is -2.66. The van der Waals surface area contributed by atoms with Crippen LogP contribution in [-0.4, -0.2) is 57.1 Å². The third-order valence-corrected chi connectivity index (χ3v) is 8.02. The highest BCUT2D eigenvalue weighted by molar-refractivity contribution is 7.92. The molecular weight excluding hydrogens is 569 g/mol. The molecule has 0 saturated carbocycles. The Morgan fingerprint density at radius 1 is 1.05 bits per heavy atom. The van der Waals surface area contributed by atoms with Gasteiger partial charge < -0.3 is 15.0 Å². The number of benzene rings is 3. The molecule has 3 aromatic rings. The van der Waals surface area contributed by atoms with Crippen LogP contribution in [0.1, 0.15) is 31.4 Å². The van der Waals surface area contributed by atoms with Crippen LogP contribution in [0.2, 0.25) is 5.02 Å². The smallest absolute Gasteiger partial charge is 0.244 e.